The standard InChI is InChI=1S/C16H23Cl2NO/c1-11(2)5-3-4-7-19-15-6-8-20-16-13(15)9-12(17)10-14(16)18/h9-11,15,19H,3-8H2,1-2H3. The Morgan fingerprint density at radius 3 is 2.85 bits per heavy atom. The zero-order valence-electron chi connectivity index (χ0n) is 12.2. The molecule has 4 heteroatoms. The number of hydrogen-bond acceptors (Lipinski definition) is 2. The van der Waals surface area contributed by atoms with Crippen LogP contribution in [0.2, 0.25) is 10.0 Å². The fourth-order valence-corrected chi connectivity index (χ4v) is 3.16. The van der Waals surface area contributed by atoms with Gasteiger partial charge in [0.25, 0.3) is 0 Å². The Kier molecular flexibility index (Phi) is 6.01. The Morgan fingerprint density at radius 1 is 1.30 bits per heavy atom. The maximum absolute atomic E-state index is 6.19. The van der Waals surface area contributed by atoms with Crippen LogP contribution in [0.1, 0.15) is 51.1 Å². The number of halogens is 2. The van der Waals surface area contributed by atoms with Gasteiger partial charge in [0.15, 0.2) is 0 Å². The molecule has 0 bridgehead atoms. The molecule has 1 unspecified atom stereocenters. The lowest BCUT2D eigenvalue weighted by molar-refractivity contribution is 0.252. The van der Waals surface area contributed by atoms with E-state index in [4.69, 9.17) is 27.9 Å². The highest BCUT2D eigenvalue weighted by Gasteiger charge is 2.23. The number of unbranched alkanes of at least 4 members (excludes halogenated alkanes) is 1. The van der Waals surface area contributed by atoms with Crippen LogP contribution in [0.3, 0.4) is 0 Å². The summed E-state index contributed by atoms with van der Waals surface area (Å²) < 4.78 is 5.67. The smallest absolute Gasteiger partial charge is 0.142 e. The van der Waals surface area contributed by atoms with Crippen molar-refractivity contribution < 1.29 is 4.74 Å². The van der Waals surface area contributed by atoms with Gasteiger partial charge in [0.05, 0.1) is 11.6 Å². The lowest BCUT2D eigenvalue weighted by Crippen LogP contribution is -2.28. The van der Waals surface area contributed by atoms with Crippen LogP contribution in [0.5, 0.6) is 5.75 Å². The molecule has 2 nitrogen and oxygen atoms in total. The number of nitrogens with one attached hydrogen (secondary N) is 1. The Morgan fingerprint density at radius 2 is 2.10 bits per heavy atom. The number of hydrogen-bond donors (Lipinski definition) is 1. The van der Waals surface area contributed by atoms with E-state index in [9.17, 15) is 0 Å². The molecule has 20 heavy (non-hydrogen) atoms. The molecule has 1 heterocycles. The number of ether oxygens (including phenoxy) is 1. The third-order valence-corrected chi connectivity index (χ3v) is 4.16. The normalized spacial score (nSPS) is 17.9. The van der Waals surface area contributed by atoms with Gasteiger partial charge < -0.3 is 10.1 Å². The van der Waals surface area contributed by atoms with Gasteiger partial charge in [-0.2, -0.15) is 0 Å². The Hall–Kier alpha value is -0.440. The van der Waals surface area contributed by atoms with Gasteiger partial charge in [-0.3, -0.25) is 0 Å². The van der Waals surface area contributed by atoms with Crippen molar-refractivity contribution in [3.8, 4) is 5.75 Å². The first-order valence-electron chi connectivity index (χ1n) is 7.43. The Bertz CT molecular complexity index is 448. The predicted octanol–water partition coefficient (Wildman–Crippen LogP) is 5.23. The minimum Gasteiger partial charge on any atom is -0.492 e. The highest BCUT2D eigenvalue weighted by Crippen LogP contribution is 2.39. The van der Waals surface area contributed by atoms with Crippen LogP contribution in [0.4, 0.5) is 0 Å². The summed E-state index contributed by atoms with van der Waals surface area (Å²) in [5, 5.41) is 4.89. The van der Waals surface area contributed by atoms with Crippen molar-refractivity contribution >= 4 is 23.2 Å². The highest BCUT2D eigenvalue weighted by molar-refractivity contribution is 6.35. The Balaban J connectivity index is 1.92. The van der Waals surface area contributed by atoms with E-state index in [1.165, 1.54) is 19.3 Å². The largest absolute Gasteiger partial charge is 0.492 e. The molecule has 0 amide bonds. The highest BCUT2D eigenvalue weighted by atomic mass is 35.5. The topological polar surface area (TPSA) is 21.3 Å². The molecule has 1 aromatic rings. The third kappa shape index (κ3) is 4.28. The van der Waals surface area contributed by atoms with E-state index in [0.717, 1.165) is 30.2 Å². The molecule has 0 aromatic heterocycles. The molecular weight excluding hydrogens is 293 g/mol. The molecule has 0 aliphatic carbocycles. The van der Waals surface area contributed by atoms with E-state index in [2.05, 4.69) is 19.2 Å². The molecule has 1 atom stereocenters. The second-order valence-electron chi connectivity index (χ2n) is 5.84. The lowest BCUT2D eigenvalue weighted by Gasteiger charge is -2.27. The lowest BCUT2D eigenvalue weighted by atomic mass is 10.00. The van der Waals surface area contributed by atoms with Crippen molar-refractivity contribution in [2.75, 3.05) is 13.2 Å². The van der Waals surface area contributed by atoms with Gasteiger partial charge in [-0.15, -0.1) is 0 Å². The quantitative estimate of drug-likeness (QED) is 0.725. The minimum atomic E-state index is 0.300. The molecule has 0 spiro atoms. The molecule has 1 aromatic carbocycles. The summed E-state index contributed by atoms with van der Waals surface area (Å²) in [6.45, 7) is 6.28. The zero-order valence-corrected chi connectivity index (χ0v) is 13.7. The molecule has 0 saturated carbocycles. The van der Waals surface area contributed by atoms with E-state index in [1.807, 2.05) is 6.07 Å². The number of fused-ring (bicyclic) bond motifs is 1. The first-order valence-corrected chi connectivity index (χ1v) is 8.18. The fourth-order valence-electron chi connectivity index (χ4n) is 2.59. The van der Waals surface area contributed by atoms with Crippen molar-refractivity contribution in [2.45, 2.75) is 45.6 Å². The summed E-state index contributed by atoms with van der Waals surface area (Å²) in [5.74, 6) is 1.58. The van der Waals surface area contributed by atoms with Crippen LogP contribution in [-0.2, 0) is 0 Å². The Labute approximate surface area is 131 Å². The first kappa shape index (κ1) is 15.9. The molecule has 2 rings (SSSR count). The minimum absolute atomic E-state index is 0.300. The van der Waals surface area contributed by atoms with Crippen molar-refractivity contribution in [3.05, 3.63) is 27.7 Å². The molecule has 0 radical (unpaired) electrons. The van der Waals surface area contributed by atoms with Gasteiger partial charge in [0.2, 0.25) is 0 Å². The average molecular weight is 316 g/mol. The van der Waals surface area contributed by atoms with E-state index >= 15 is 0 Å². The summed E-state index contributed by atoms with van der Waals surface area (Å²) in [4.78, 5) is 0. The van der Waals surface area contributed by atoms with Gasteiger partial charge in [-0.1, -0.05) is 49.9 Å². The van der Waals surface area contributed by atoms with E-state index in [-0.39, 0.29) is 0 Å². The van der Waals surface area contributed by atoms with Crippen molar-refractivity contribution in [1.82, 2.24) is 5.32 Å². The maximum atomic E-state index is 6.19. The van der Waals surface area contributed by atoms with Crippen molar-refractivity contribution in [3.63, 3.8) is 0 Å². The molecule has 0 saturated heterocycles. The van der Waals surface area contributed by atoms with Gasteiger partial charge >= 0.3 is 0 Å². The number of benzene rings is 1. The summed E-state index contributed by atoms with van der Waals surface area (Å²) in [6.07, 6.45) is 4.74. The van der Waals surface area contributed by atoms with Gasteiger partial charge in [-0.05, 0) is 31.0 Å². The van der Waals surface area contributed by atoms with Crippen LogP contribution in [0.15, 0.2) is 12.1 Å². The summed E-state index contributed by atoms with van der Waals surface area (Å²) in [5.41, 5.74) is 1.10. The first-order chi connectivity index (χ1) is 9.58. The van der Waals surface area contributed by atoms with Gasteiger partial charge in [0, 0.05) is 23.0 Å². The zero-order chi connectivity index (χ0) is 14.5. The van der Waals surface area contributed by atoms with Gasteiger partial charge in [-0.25, -0.2) is 0 Å². The van der Waals surface area contributed by atoms with Crippen molar-refractivity contribution in [2.24, 2.45) is 5.92 Å². The van der Waals surface area contributed by atoms with Crippen LogP contribution in [0, 0.1) is 5.92 Å². The molecular formula is C16H23Cl2NO. The predicted molar refractivity (Wildman–Crippen MR) is 86.0 cm³/mol. The molecule has 1 aliphatic rings. The molecule has 1 N–H and O–H groups in total. The van der Waals surface area contributed by atoms with Gasteiger partial charge in [0.1, 0.15) is 5.75 Å². The maximum Gasteiger partial charge on any atom is 0.142 e. The number of rotatable bonds is 6. The average Bonchev–Trinajstić information content (AvgIpc) is 2.38. The summed E-state index contributed by atoms with van der Waals surface area (Å²) in [7, 11) is 0. The molecule has 1 aliphatic heterocycles. The van der Waals surface area contributed by atoms with Crippen LogP contribution < -0.4 is 10.1 Å². The monoisotopic (exact) mass is 315 g/mol. The fraction of sp³-hybridized carbons (Fsp3) is 0.625. The summed E-state index contributed by atoms with van der Waals surface area (Å²) in [6, 6.07) is 4.01. The molecule has 112 valence electrons. The SMILES string of the molecule is CC(C)CCCCNC1CCOc2c(Cl)cc(Cl)cc21. The van der Waals surface area contributed by atoms with E-state index in [1.54, 1.807) is 6.07 Å². The van der Waals surface area contributed by atoms with Crippen molar-refractivity contribution in [1.29, 1.82) is 0 Å². The summed E-state index contributed by atoms with van der Waals surface area (Å²) >= 11 is 12.3. The van der Waals surface area contributed by atoms with Crippen LogP contribution in [0.25, 0.3) is 0 Å². The van der Waals surface area contributed by atoms with Crippen LogP contribution >= 0.6 is 23.2 Å². The molecule has 0 fully saturated rings. The second-order valence-corrected chi connectivity index (χ2v) is 6.68. The van der Waals surface area contributed by atoms with E-state index < -0.39 is 0 Å². The third-order valence-electron chi connectivity index (χ3n) is 3.66. The van der Waals surface area contributed by atoms with E-state index in [0.29, 0.717) is 22.7 Å². The second kappa shape index (κ2) is 7.53. The van der Waals surface area contributed by atoms with Crippen LogP contribution in [-0.4, -0.2) is 13.2 Å².